The molecular weight excluding hydrogens is 647 g/mol. The lowest BCUT2D eigenvalue weighted by Gasteiger charge is -2.33. The highest BCUT2D eigenvalue weighted by Gasteiger charge is 2.73. The average Bonchev–Trinajstić information content (AvgIpc) is 3.42. The number of alkyl halides is 7. The minimum absolute atomic E-state index is 0.0507. The summed E-state index contributed by atoms with van der Waals surface area (Å²) in [6.07, 6.45) is -12.0. The van der Waals surface area contributed by atoms with Gasteiger partial charge in [0.1, 0.15) is 4.75 Å². The number of hydrogen-bond donors (Lipinski definition) is 2. The predicted octanol–water partition coefficient (Wildman–Crippen LogP) is 6.08. The first-order chi connectivity index (χ1) is 21.0. The molecule has 1 heterocycles. The monoisotopic (exact) mass is 681 g/mol. The second-order valence-electron chi connectivity index (χ2n) is 12.8. The molecule has 1 saturated carbocycles. The molecule has 1 unspecified atom stereocenters. The van der Waals surface area contributed by atoms with Gasteiger partial charge in [0.05, 0.1) is 16.4 Å². The smallest absolute Gasteiger partial charge is 0.435 e. The van der Waals surface area contributed by atoms with Crippen LogP contribution in [-0.4, -0.2) is 66.5 Å². The Kier molecular flexibility index (Phi) is 9.39. The van der Waals surface area contributed by atoms with Gasteiger partial charge >= 0.3 is 24.0 Å². The van der Waals surface area contributed by atoms with Crippen LogP contribution < -0.4 is 0 Å². The first kappa shape index (κ1) is 35.7. The fourth-order valence-corrected chi connectivity index (χ4v) is 8.61. The Bertz CT molecular complexity index is 1550. The highest BCUT2D eigenvalue weighted by molar-refractivity contribution is 7.92. The number of carboxylic acid groups (broad SMARTS) is 1. The summed E-state index contributed by atoms with van der Waals surface area (Å²) >= 11 is 0. The average molecular weight is 682 g/mol. The molecule has 1 amide bonds. The van der Waals surface area contributed by atoms with Crippen LogP contribution in [0.1, 0.15) is 62.6 Å². The number of aliphatic hydroxyl groups is 1. The SMILES string of the molecule is CC(C)(O)Cc1cccc(S(=O)(=O)C2(c3ccc(C(F)(C(F)(F)F)C(F)(F)F)cc3)CCN(C(=O)[C@H]3CC[C@H](C(=O)O)CC3)C2)c1. The minimum atomic E-state index is -6.37. The summed E-state index contributed by atoms with van der Waals surface area (Å²) in [5, 5.41) is 19.5. The normalized spacial score (nSPS) is 23.4. The molecule has 1 aliphatic carbocycles. The summed E-state index contributed by atoms with van der Waals surface area (Å²) in [6.45, 7) is 2.39. The number of benzene rings is 2. The zero-order valence-corrected chi connectivity index (χ0v) is 25.8. The lowest BCUT2D eigenvalue weighted by atomic mass is 9.81. The molecule has 1 atom stereocenters. The lowest BCUT2D eigenvalue weighted by molar-refractivity contribution is -0.348. The van der Waals surface area contributed by atoms with Gasteiger partial charge in [-0.15, -0.1) is 0 Å². The van der Waals surface area contributed by atoms with Gasteiger partial charge in [0.2, 0.25) is 5.91 Å². The predicted molar refractivity (Wildman–Crippen MR) is 151 cm³/mol. The number of likely N-dealkylation sites (tertiary alicyclic amines) is 1. The van der Waals surface area contributed by atoms with Crippen LogP contribution in [0, 0.1) is 11.8 Å². The maximum absolute atomic E-state index is 14.8. The molecule has 2 aromatic carbocycles. The van der Waals surface area contributed by atoms with Gasteiger partial charge in [-0.05, 0) is 69.2 Å². The Morgan fingerprint density at radius 2 is 1.43 bits per heavy atom. The van der Waals surface area contributed by atoms with Crippen molar-refractivity contribution in [3.8, 4) is 0 Å². The maximum Gasteiger partial charge on any atom is 0.435 e. The van der Waals surface area contributed by atoms with Gasteiger partial charge in [-0.25, -0.2) is 12.8 Å². The minimum Gasteiger partial charge on any atom is -0.481 e. The first-order valence-electron chi connectivity index (χ1n) is 14.5. The van der Waals surface area contributed by atoms with Crippen molar-refractivity contribution in [1.29, 1.82) is 0 Å². The maximum atomic E-state index is 14.8. The molecule has 7 nitrogen and oxygen atoms in total. The molecule has 2 aliphatic rings. The topological polar surface area (TPSA) is 112 Å². The van der Waals surface area contributed by atoms with Crippen LogP contribution in [0.3, 0.4) is 0 Å². The van der Waals surface area contributed by atoms with Crippen molar-refractivity contribution in [1.82, 2.24) is 4.90 Å². The van der Waals surface area contributed by atoms with Crippen molar-refractivity contribution in [3.05, 3.63) is 65.2 Å². The number of carboxylic acids is 1. The second kappa shape index (κ2) is 12.1. The zero-order valence-electron chi connectivity index (χ0n) is 25.0. The van der Waals surface area contributed by atoms with E-state index in [1.807, 2.05) is 0 Å². The van der Waals surface area contributed by atoms with E-state index in [2.05, 4.69) is 0 Å². The summed E-state index contributed by atoms with van der Waals surface area (Å²) < 4.78 is 122. The molecule has 46 heavy (non-hydrogen) atoms. The molecule has 15 heteroatoms. The summed E-state index contributed by atoms with van der Waals surface area (Å²) in [6, 6.07) is 7.51. The van der Waals surface area contributed by atoms with Crippen LogP contribution in [0.25, 0.3) is 0 Å². The molecule has 254 valence electrons. The number of carbonyl (C=O) groups is 2. The van der Waals surface area contributed by atoms with E-state index in [4.69, 9.17) is 0 Å². The number of amides is 1. The number of aliphatic carboxylic acids is 1. The van der Waals surface area contributed by atoms with Crippen LogP contribution in [0.15, 0.2) is 53.4 Å². The van der Waals surface area contributed by atoms with Gasteiger partial charge in [-0.2, -0.15) is 26.3 Å². The van der Waals surface area contributed by atoms with Gasteiger partial charge < -0.3 is 15.1 Å². The van der Waals surface area contributed by atoms with Crippen molar-refractivity contribution in [2.75, 3.05) is 13.1 Å². The van der Waals surface area contributed by atoms with Crippen molar-refractivity contribution >= 4 is 21.7 Å². The molecule has 2 aromatic rings. The molecule has 4 rings (SSSR count). The number of nitrogens with zero attached hydrogens (tertiary/aromatic N) is 1. The summed E-state index contributed by atoms with van der Waals surface area (Å²) in [4.78, 5) is 25.9. The van der Waals surface area contributed by atoms with Crippen LogP contribution in [-0.2, 0) is 36.3 Å². The Hall–Kier alpha value is -3.20. The van der Waals surface area contributed by atoms with E-state index in [0.29, 0.717) is 17.7 Å². The van der Waals surface area contributed by atoms with Crippen molar-refractivity contribution < 1.29 is 59.0 Å². The number of sulfone groups is 1. The summed E-state index contributed by atoms with van der Waals surface area (Å²) in [5.41, 5.74) is -8.53. The highest BCUT2D eigenvalue weighted by atomic mass is 32.2. The quantitative estimate of drug-likeness (QED) is 0.327. The summed E-state index contributed by atoms with van der Waals surface area (Å²) in [5.74, 6) is -2.64. The van der Waals surface area contributed by atoms with Gasteiger partial charge in [0, 0.05) is 31.0 Å². The number of rotatable bonds is 8. The van der Waals surface area contributed by atoms with Gasteiger partial charge in [0.25, 0.3) is 0 Å². The Morgan fingerprint density at radius 3 is 1.93 bits per heavy atom. The third-order valence-corrected chi connectivity index (χ3v) is 11.4. The van der Waals surface area contributed by atoms with Gasteiger partial charge in [0.15, 0.2) is 9.84 Å². The Balaban J connectivity index is 1.78. The highest BCUT2D eigenvalue weighted by Crippen LogP contribution is 2.54. The first-order valence-corrected chi connectivity index (χ1v) is 16.0. The largest absolute Gasteiger partial charge is 0.481 e. The molecule has 0 bridgehead atoms. The van der Waals surface area contributed by atoms with Crippen LogP contribution in [0.2, 0.25) is 0 Å². The Labute approximate surface area is 261 Å². The van der Waals surface area contributed by atoms with E-state index in [-0.39, 0.29) is 67.7 Å². The van der Waals surface area contributed by atoms with Crippen molar-refractivity contribution in [2.24, 2.45) is 11.8 Å². The lowest BCUT2D eigenvalue weighted by Crippen LogP contribution is -2.50. The molecule has 1 aliphatic heterocycles. The number of hydrogen-bond acceptors (Lipinski definition) is 5. The second-order valence-corrected chi connectivity index (χ2v) is 15.0. The van der Waals surface area contributed by atoms with Crippen LogP contribution in [0.4, 0.5) is 30.7 Å². The van der Waals surface area contributed by atoms with Crippen molar-refractivity contribution in [3.63, 3.8) is 0 Å². The molecule has 0 radical (unpaired) electrons. The summed E-state index contributed by atoms with van der Waals surface area (Å²) in [7, 11) is -4.55. The van der Waals surface area contributed by atoms with Crippen molar-refractivity contribution in [2.45, 2.75) is 85.6 Å². The van der Waals surface area contributed by atoms with Crippen LogP contribution >= 0.6 is 0 Å². The third kappa shape index (κ3) is 6.49. The van der Waals surface area contributed by atoms with Gasteiger partial charge in [-0.3, -0.25) is 9.59 Å². The molecule has 1 saturated heterocycles. The van der Waals surface area contributed by atoms with E-state index in [0.717, 1.165) is 0 Å². The fraction of sp³-hybridized carbons (Fsp3) is 0.548. The Morgan fingerprint density at radius 1 is 0.891 bits per heavy atom. The van der Waals surface area contributed by atoms with E-state index >= 15 is 0 Å². The molecule has 0 aromatic heterocycles. The van der Waals surface area contributed by atoms with E-state index in [9.17, 15) is 59.0 Å². The number of carbonyl (C=O) groups excluding carboxylic acids is 1. The standard InChI is InChI=1S/C31H34F7NO6S/c1-27(2,43)17-19-4-3-5-24(16-19)46(44,45)28(14-15-39(18-28)25(40)20-6-8-21(9-7-20)26(41)42)22-10-12-23(13-11-22)29(32,30(33,34)35)31(36,37)38/h3-5,10-13,16,20-21,43H,6-9,14-15,17-18H2,1-2H3,(H,41,42)/t20-,21-,28?. The zero-order chi connectivity index (χ0) is 34.5. The molecule has 0 spiro atoms. The molecular formula is C31H34F7NO6S. The number of halogens is 7. The fourth-order valence-electron chi connectivity index (χ4n) is 6.47. The van der Waals surface area contributed by atoms with E-state index in [1.165, 1.54) is 36.9 Å². The third-order valence-electron chi connectivity index (χ3n) is 8.92. The van der Waals surface area contributed by atoms with E-state index in [1.54, 1.807) is 6.07 Å². The van der Waals surface area contributed by atoms with E-state index < -0.39 is 74.0 Å². The molecule has 2 N–H and O–H groups in total. The van der Waals surface area contributed by atoms with Crippen LogP contribution in [0.5, 0.6) is 0 Å². The van der Waals surface area contributed by atoms with Gasteiger partial charge in [-0.1, -0.05) is 36.4 Å². The molecule has 2 fully saturated rings.